The van der Waals surface area contributed by atoms with Crippen molar-refractivity contribution in [3.8, 4) is 0 Å². The van der Waals surface area contributed by atoms with Crippen LogP contribution in [0.1, 0.15) is 226 Å². The van der Waals surface area contributed by atoms with Gasteiger partial charge >= 0.3 is 11.9 Å². The summed E-state index contributed by atoms with van der Waals surface area (Å²) >= 11 is 0. The Balaban J connectivity index is 4.45. The second kappa shape index (κ2) is 55.6. The van der Waals surface area contributed by atoms with Gasteiger partial charge in [0.15, 0.2) is 6.10 Å². The summed E-state index contributed by atoms with van der Waals surface area (Å²) in [7, 11) is 0. The lowest BCUT2D eigenvalue weighted by Gasteiger charge is -2.18. The molecule has 0 aliphatic carbocycles. The van der Waals surface area contributed by atoms with Crippen molar-refractivity contribution in [3.05, 3.63) is 122 Å². The fourth-order valence-corrected chi connectivity index (χ4v) is 7.05. The second-order valence-corrected chi connectivity index (χ2v) is 17.4. The van der Waals surface area contributed by atoms with E-state index >= 15 is 0 Å². The molecule has 0 amide bonds. The van der Waals surface area contributed by atoms with Gasteiger partial charge in [0.25, 0.3) is 0 Å². The predicted molar refractivity (Wildman–Crippen MR) is 288 cm³/mol. The first-order valence-electron chi connectivity index (χ1n) is 27.1. The Kier molecular flexibility index (Phi) is 52.5. The van der Waals surface area contributed by atoms with E-state index in [-0.39, 0.29) is 25.2 Å². The lowest BCUT2D eigenvalue weighted by atomic mass is 10.0. The number of esters is 2. The molecule has 1 unspecified atom stereocenters. The van der Waals surface area contributed by atoms with Crippen LogP contribution in [0.3, 0.4) is 0 Å². The molecule has 5 heteroatoms. The van der Waals surface area contributed by atoms with E-state index in [1.165, 1.54) is 77.0 Å². The van der Waals surface area contributed by atoms with Crippen LogP contribution < -0.4 is 0 Å². The summed E-state index contributed by atoms with van der Waals surface area (Å²) in [5.41, 5.74) is 0. The summed E-state index contributed by atoms with van der Waals surface area (Å²) in [5, 5.41) is 0. The molecular formula is C61H100O5. The topological polar surface area (TPSA) is 61.8 Å². The van der Waals surface area contributed by atoms with E-state index in [1.54, 1.807) is 0 Å². The molecule has 0 N–H and O–H groups in total. The van der Waals surface area contributed by atoms with E-state index < -0.39 is 6.10 Å². The monoisotopic (exact) mass is 913 g/mol. The normalized spacial score (nSPS) is 13.2. The zero-order valence-corrected chi connectivity index (χ0v) is 42.9. The average molecular weight is 913 g/mol. The van der Waals surface area contributed by atoms with Crippen LogP contribution >= 0.6 is 0 Å². The van der Waals surface area contributed by atoms with E-state index in [0.717, 1.165) is 116 Å². The van der Waals surface area contributed by atoms with E-state index in [9.17, 15) is 9.59 Å². The highest BCUT2D eigenvalue weighted by Gasteiger charge is 2.17. The first-order chi connectivity index (χ1) is 32.6. The highest BCUT2D eigenvalue weighted by molar-refractivity contribution is 5.70. The molecule has 0 bridgehead atoms. The number of carbonyl (C=O) groups excluding carboxylic acids is 2. The van der Waals surface area contributed by atoms with Gasteiger partial charge in [0.1, 0.15) is 6.61 Å². The maximum atomic E-state index is 12.8. The van der Waals surface area contributed by atoms with E-state index in [0.29, 0.717) is 19.4 Å². The Hall–Kier alpha value is -3.70. The van der Waals surface area contributed by atoms with Gasteiger partial charge < -0.3 is 14.2 Å². The maximum Gasteiger partial charge on any atom is 0.306 e. The molecule has 0 radical (unpaired) electrons. The molecular weight excluding hydrogens is 813 g/mol. The molecule has 0 fully saturated rings. The maximum absolute atomic E-state index is 12.8. The minimum Gasteiger partial charge on any atom is -0.462 e. The number of hydrogen-bond donors (Lipinski definition) is 0. The fourth-order valence-electron chi connectivity index (χ4n) is 7.05. The van der Waals surface area contributed by atoms with Crippen LogP contribution in [0.4, 0.5) is 0 Å². The fraction of sp³-hybridized carbons (Fsp3) is 0.639. The molecule has 5 nitrogen and oxygen atoms in total. The van der Waals surface area contributed by atoms with Gasteiger partial charge in [0.05, 0.1) is 6.61 Å². The van der Waals surface area contributed by atoms with Crippen LogP contribution in [-0.2, 0) is 23.8 Å². The zero-order valence-electron chi connectivity index (χ0n) is 42.9. The van der Waals surface area contributed by atoms with Gasteiger partial charge in [-0.2, -0.15) is 0 Å². The third-order valence-corrected chi connectivity index (χ3v) is 11.0. The molecule has 0 aromatic rings. The van der Waals surface area contributed by atoms with Crippen molar-refractivity contribution in [2.45, 2.75) is 232 Å². The Morgan fingerprint density at radius 1 is 0.348 bits per heavy atom. The van der Waals surface area contributed by atoms with Crippen molar-refractivity contribution in [1.82, 2.24) is 0 Å². The van der Waals surface area contributed by atoms with Crippen molar-refractivity contribution in [3.63, 3.8) is 0 Å². The Morgan fingerprint density at radius 3 is 1.09 bits per heavy atom. The number of allylic oxidation sites excluding steroid dienone is 20. The molecule has 1 atom stereocenters. The quantitative estimate of drug-likeness (QED) is 0.0346. The lowest BCUT2D eigenvalue weighted by Crippen LogP contribution is -2.30. The van der Waals surface area contributed by atoms with Crippen LogP contribution in [0.5, 0.6) is 0 Å². The third-order valence-electron chi connectivity index (χ3n) is 11.0. The number of ether oxygens (including phenoxy) is 3. The second-order valence-electron chi connectivity index (χ2n) is 17.4. The van der Waals surface area contributed by atoms with Crippen molar-refractivity contribution in [2.75, 3.05) is 19.8 Å². The number of carbonyl (C=O) groups is 2. The predicted octanol–water partition coefficient (Wildman–Crippen LogP) is 18.6. The molecule has 374 valence electrons. The summed E-state index contributed by atoms with van der Waals surface area (Å²) in [5.74, 6) is -0.480. The van der Waals surface area contributed by atoms with Gasteiger partial charge in [-0.15, -0.1) is 0 Å². The molecule has 0 aromatic heterocycles. The van der Waals surface area contributed by atoms with Gasteiger partial charge in [0.2, 0.25) is 0 Å². The highest BCUT2D eigenvalue weighted by atomic mass is 16.6. The summed E-state index contributed by atoms with van der Waals surface area (Å²) < 4.78 is 17.3. The first kappa shape index (κ1) is 62.3. The highest BCUT2D eigenvalue weighted by Crippen LogP contribution is 2.15. The van der Waals surface area contributed by atoms with Gasteiger partial charge in [-0.25, -0.2) is 0 Å². The molecule has 0 heterocycles. The molecule has 0 aromatic carbocycles. The van der Waals surface area contributed by atoms with E-state index in [2.05, 4.69) is 142 Å². The molecule has 0 rings (SSSR count). The molecule has 0 spiro atoms. The largest absolute Gasteiger partial charge is 0.462 e. The summed E-state index contributed by atoms with van der Waals surface area (Å²) in [6.45, 7) is 7.41. The molecule has 0 saturated carbocycles. The standard InChI is InChI=1S/C61H100O5/c1-4-7-10-13-16-19-22-25-28-29-30-31-32-35-38-41-44-47-50-53-56-64-57-59(66-61(63)55-52-49-46-43-40-37-34-27-24-21-18-15-12-9-6-3)58-65-60(62)54-51-48-45-42-39-36-33-26-23-20-17-14-11-8-5-2/h7-8,10-11,16-17,19-20,25-26,28,30-31,33,35,38-39,42,44,47,59H,4-6,9,12-15,18,21-24,27,29,32,34,36-37,40-41,43,45-46,48-58H2,1-3H3/b10-7-,11-8-,19-16-,20-17-,28-25-,31-30-,33-26-,38-35-,42-39-,47-44-. The van der Waals surface area contributed by atoms with Crippen molar-refractivity contribution < 1.29 is 23.8 Å². The van der Waals surface area contributed by atoms with E-state index in [1.807, 2.05) is 0 Å². The number of hydrogen-bond acceptors (Lipinski definition) is 5. The lowest BCUT2D eigenvalue weighted by molar-refractivity contribution is -0.163. The minimum absolute atomic E-state index is 0.0352. The van der Waals surface area contributed by atoms with Gasteiger partial charge in [-0.1, -0.05) is 232 Å². The van der Waals surface area contributed by atoms with Crippen LogP contribution in [0.2, 0.25) is 0 Å². The Labute approximate surface area is 407 Å². The summed E-state index contributed by atoms with van der Waals surface area (Å²) in [6, 6.07) is 0. The summed E-state index contributed by atoms with van der Waals surface area (Å²) in [4.78, 5) is 25.4. The Bertz CT molecular complexity index is 1350. The number of rotatable bonds is 48. The van der Waals surface area contributed by atoms with Crippen LogP contribution in [0.25, 0.3) is 0 Å². The van der Waals surface area contributed by atoms with Crippen LogP contribution in [-0.4, -0.2) is 37.9 Å². The smallest absolute Gasteiger partial charge is 0.306 e. The van der Waals surface area contributed by atoms with Crippen molar-refractivity contribution in [1.29, 1.82) is 0 Å². The van der Waals surface area contributed by atoms with Crippen LogP contribution in [0, 0.1) is 0 Å². The molecule has 0 saturated heterocycles. The summed E-state index contributed by atoms with van der Waals surface area (Å²) in [6.07, 6.45) is 78.0. The Morgan fingerprint density at radius 2 is 0.682 bits per heavy atom. The first-order valence-corrected chi connectivity index (χ1v) is 27.1. The SMILES string of the molecule is CC/C=C\C/C=C\C/C=C\C/C=C\C/C=C\C/C=C\CCCOCC(COC(=O)CCCC/C=C\C/C=C\C/C=C\C/C=C\CC)OC(=O)CCCCCCCCCCCCCCCCC. The minimum atomic E-state index is -0.590. The zero-order chi connectivity index (χ0) is 47.7. The molecule has 0 aliphatic heterocycles. The molecule has 66 heavy (non-hydrogen) atoms. The van der Waals surface area contributed by atoms with Gasteiger partial charge in [-0.3, -0.25) is 9.59 Å². The van der Waals surface area contributed by atoms with E-state index in [4.69, 9.17) is 14.2 Å². The number of unbranched alkanes of at least 4 members (excludes halogenated alkanes) is 17. The average Bonchev–Trinajstić information content (AvgIpc) is 3.32. The molecule has 0 aliphatic rings. The van der Waals surface area contributed by atoms with Crippen LogP contribution in [0.15, 0.2) is 122 Å². The van der Waals surface area contributed by atoms with Gasteiger partial charge in [0, 0.05) is 19.4 Å². The van der Waals surface area contributed by atoms with Gasteiger partial charge in [-0.05, 0) is 103 Å². The third kappa shape index (κ3) is 52.9. The van der Waals surface area contributed by atoms with Crippen molar-refractivity contribution in [2.24, 2.45) is 0 Å². The van der Waals surface area contributed by atoms with Crippen molar-refractivity contribution >= 4 is 11.9 Å².